The van der Waals surface area contributed by atoms with Crippen molar-refractivity contribution in [2.75, 3.05) is 30.9 Å². The van der Waals surface area contributed by atoms with E-state index in [4.69, 9.17) is 16.3 Å². The lowest BCUT2D eigenvalue weighted by Gasteiger charge is -2.39. The van der Waals surface area contributed by atoms with Crippen LogP contribution in [0.1, 0.15) is 82.3 Å². The molecule has 0 saturated heterocycles. The molecule has 2 amide bonds. The third-order valence-corrected chi connectivity index (χ3v) is 9.63. The summed E-state index contributed by atoms with van der Waals surface area (Å²) in [5.41, 5.74) is 4.50. The molecule has 9 heteroatoms. The summed E-state index contributed by atoms with van der Waals surface area (Å²) in [6, 6.07) is 19.6. The first-order valence-corrected chi connectivity index (χ1v) is 17.3. The smallest absolute Gasteiger partial charge is 0.412 e. The van der Waals surface area contributed by atoms with Crippen LogP contribution >= 0.6 is 11.6 Å². The number of nitrogens with zero attached hydrogens (tertiary/aromatic N) is 2. The number of carboxylic acid groups (broad SMARTS) is 1. The summed E-state index contributed by atoms with van der Waals surface area (Å²) in [5, 5.41) is 23.3. The number of benzene rings is 3. The first kappa shape index (κ1) is 36.2. The first-order chi connectivity index (χ1) is 22.7. The van der Waals surface area contributed by atoms with Gasteiger partial charge in [0.1, 0.15) is 5.75 Å². The average molecular weight is 664 g/mol. The Hall–Kier alpha value is -3.59. The Kier molecular flexibility index (Phi) is 13.9. The van der Waals surface area contributed by atoms with Crippen LogP contribution in [-0.2, 0) is 17.8 Å². The SMILES string of the molecule is CCCCCCN(C)C1CCC(N(C(=O)O)c2cc(CCCC(=O)Nc3cc(OC)c(CO)cc3Cl)ccc2-c2ccccc2)CC1. The number of anilines is 2. The fourth-order valence-electron chi connectivity index (χ4n) is 6.65. The minimum atomic E-state index is -0.936. The van der Waals surface area contributed by atoms with E-state index < -0.39 is 6.09 Å². The maximum atomic E-state index is 12.9. The van der Waals surface area contributed by atoms with Crippen molar-refractivity contribution in [1.82, 2.24) is 4.90 Å². The second-order valence-corrected chi connectivity index (χ2v) is 13.0. The molecule has 8 nitrogen and oxygen atoms in total. The maximum Gasteiger partial charge on any atom is 0.412 e. The van der Waals surface area contributed by atoms with Crippen LogP contribution in [0.15, 0.2) is 60.7 Å². The van der Waals surface area contributed by atoms with E-state index in [1.807, 2.05) is 48.5 Å². The summed E-state index contributed by atoms with van der Waals surface area (Å²) >= 11 is 6.33. The van der Waals surface area contributed by atoms with Gasteiger partial charge in [-0.2, -0.15) is 0 Å². The number of ether oxygens (including phenoxy) is 1. The van der Waals surface area contributed by atoms with Gasteiger partial charge in [-0.3, -0.25) is 9.69 Å². The number of hydrogen-bond donors (Lipinski definition) is 3. The number of aryl methyl sites for hydroxylation is 1. The van der Waals surface area contributed by atoms with Gasteiger partial charge in [-0.25, -0.2) is 4.79 Å². The summed E-state index contributed by atoms with van der Waals surface area (Å²) in [6.07, 6.45) is 9.08. The number of halogens is 1. The zero-order valence-corrected chi connectivity index (χ0v) is 28.8. The molecule has 3 aromatic rings. The van der Waals surface area contributed by atoms with Gasteiger partial charge >= 0.3 is 6.09 Å². The Balaban J connectivity index is 1.46. The van der Waals surface area contributed by atoms with Gasteiger partial charge in [0, 0.05) is 35.7 Å². The van der Waals surface area contributed by atoms with E-state index in [2.05, 4.69) is 24.2 Å². The third kappa shape index (κ3) is 9.95. The van der Waals surface area contributed by atoms with Crippen molar-refractivity contribution in [2.24, 2.45) is 0 Å². The molecule has 0 unspecified atom stereocenters. The molecule has 0 aromatic heterocycles. The summed E-state index contributed by atoms with van der Waals surface area (Å²) < 4.78 is 5.30. The van der Waals surface area contributed by atoms with E-state index in [1.165, 1.54) is 32.8 Å². The largest absolute Gasteiger partial charge is 0.496 e. The number of nitrogens with one attached hydrogen (secondary N) is 1. The van der Waals surface area contributed by atoms with Gasteiger partial charge in [-0.1, -0.05) is 80.3 Å². The van der Waals surface area contributed by atoms with E-state index in [1.54, 1.807) is 17.0 Å². The zero-order chi connectivity index (χ0) is 33.8. The number of hydrogen-bond acceptors (Lipinski definition) is 5. The minimum Gasteiger partial charge on any atom is -0.496 e. The molecular weight excluding hydrogens is 614 g/mol. The molecule has 0 heterocycles. The lowest BCUT2D eigenvalue weighted by atomic mass is 9.88. The van der Waals surface area contributed by atoms with Crippen LogP contribution in [0.5, 0.6) is 5.75 Å². The van der Waals surface area contributed by atoms with Crippen LogP contribution in [0.4, 0.5) is 16.2 Å². The monoisotopic (exact) mass is 663 g/mol. The van der Waals surface area contributed by atoms with Crippen molar-refractivity contribution in [2.45, 2.75) is 96.2 Å². The number of amides is 2. The normalized spacial score (nSPS) is 16.2. The van der Waals surface area contributed by atoms with Crippen molar-refractivity contribution in [3.05, 3.63) is 76.8 Å². The summed E-state index contributed by atoms with van der Waals surface area (Å²) in [7, 11) is 3.71. The Bertz CT molecular complexity index is 1460. The molecule has 3 aromatic carbocycles. The fourth-order valence-corrected chi connectivity index (χ4v) is 6.88. The molecule has 1 aliphatic rings. The second-order valence-electron chi connectivity index (χ2n) is 12.6. The third-order valence-electron chi connectivity index (χ3n) is 9.32. The minimum absolute atomic E-state index is 0.0975. The van der Waals surface area contributed by atoms with E-state index >= 15 is 0 Å². The molecule has 1 aliphatic carbocycles. The van der Waals surface area contributed by atoms with Crippen molar-refractivity contribution < 1.29 is 24.5 Å². The van der Waals surface area contributed by atoms with Crippen molar-refractivity contribution in [3.63, 3.8) is 0 Å². The molecule has 1 fully saturated rings. The molecule has 1 saturated carbocycles. The Morgan fingerprint density at radius 2 is 1.68 bits per heavy atom. The predicted octanol–water partition coefficient (Wildman–Crippen LogP) is 8.78. The molecule has 0 bridgehead atoms. The molecule has 0 aliphatic heterocycles. The van der Waals surface area contributed by atoms with E-state index in [0.29, 0.717) is 46.6 Å². The maximum absolute atomic E-state index is 12.9. The molecular formula is C38H50ClN3O5. The van der Waals surface area contributed by atoms with Crippen LogP contribution in [-0.4, -0.2) is 59.9 Å². The Morgan fingerprint density at radius 1 is 0.957 bits per heavy atom. The van der Waals surface area contributed by atoms with E-state index in [0.717, 1.165) is 48.9 Å². The zero-order valence-electron chi connectivity index (χ0n) is 28.0. The highest BCUT2D eigenvalue weighted by Crippen LogP contribution is 2.37. The number of carbonyl (C=O) groups excluding carboxylic acids is 1. The number of methoxy groups -OCH3 is 1. The number of aliphatic hydroxyl groups is 1. The van der Waals surface area contributed by atoms with Crippen LogP contribution in [0.2, 0.25) is 5.02 Å². The van der Waals surface area contributed by atoms with Crippen LogP contribution in [0.25, 0.3) is 11.1 Å². The highest BCUT2D eigenvalue weighted by Gasteiger charge is 2.32. The van der Waals surface area contributed by atoms with Crippen LogP contribution in [0, 0.1) is 0 Å². The van der Waals surface area contributed by atoms with Gasteiger partial charge in [0.15, 0.2) is 0 Å². The van der Waals surface area contributed by atoms with Gasteiger partial charge in [0.05, 0.1) is 30.1 Å². The first-order valence-electron chi connectivity index (χ1n) is 16.9. The van der Waals surface area contributed by atoms with Crippen LogP contribution in [0.3, 0.4) is 0 Å². The van der Waals surface area contributed by atoms with E-state index in [-0.39, 0.29) is 25.0 Å². The van der Waals surface area contributed by atoms with Gasteiger partial charge in [0.2, 0.25) is 5.91 Å². The Labute approximate surface area is 284 Å². The molecule has 0 atom stereocenters. The van der Waals surface area contributed by atoms with Gasteiger partial charge in [0.25, 0.3) is 0 Å². The molecule has 0 radical (unpaired) electrons. The number of rotatable bonds is 16. The quantitative estimate of drug-likeness (QED) is 0.132. The molecule has 4 rings (SSSR count). The van der Waals surface area contributed by atoms with Crippen LogP contribution < -0.4 is 15.0 Å². The highest BCUT2D eigenvalue weighted by molar-refractivity contribution is 6.33. The average Bonchev–Trinajstić information content (AvgIpc) is 3.08. The van der Waals surface area contributed by atoms with Crippen molar-refractivity contribution in [3.8, 4) is 16.9 Å². The summed E-state index contributed by atoms with van der Waals surface area (Å²) in [6.45, 7) is 3.10. The van der Waals surface area contributed by atoms with E-state index in [9.17, 15) is 19.8 Å². The number of aliphatic hydroxyl groups excluding tert-OH is 1. The van der Waals surface area contributed by atoms with Gasteiger partial charge in [-0.15, -0.1) is 0 Å². The lowest BCUT2D eigenvalue weighted by Crippen LogP contribution is -2.45. The summed E-state index contributed by atoms with van der Waals surface area (Å²) in [4.78, 5) is 29.8. The van der Waals surface area contributed by atoms with Crippen molar-refractivity contribution >= 4 is 35.0 Å². The molecule has 254 valence electrons. The predicted molar refractivity (Wildman–Crippen MR) is 191 cm³/mol. The molecule has 47 heavy (non-hydrogen) atoms. The fraction of sp³-hybridized carbons (Fsp3) is 0.474. The standard InChI is InChI=1S/C38H50ClN3O5/c1-4-5-6-10-22-41(2)30-17-19-31(20-18-30)42(38(45)46)35-23-27(16-21-32(35)28-13-8-7-9-14-28)12-11-15-37(44)40-34-25-36(47-3)29(26-43)24-33(34)39/h7-9,13-14,16,21,23-25,30-31,43H,4-6,10-12,15,17-20,22,26H2,1-3H3,(H,40,44)(H,45,46). The number of carbonyl (C=O) groups is 2. The topological polar surface area (TPSA) is 102 Å². The van der Waals surface area contributed by atoms with Gasteiger partial charge in [-0.05, 0) is 81.8 Å². The highest BCUT2D eigenvalue weighted by atomic mass is 35.5. The molecule has 0 spiro atoms. The summed E-state index contributed by atoms with van der Waals surface area (Å²) in [5.74, 6) is 0.259. The van der Waals surface area contributed by atoms with Crippen molar-refractivity contribution in [1.29, 1.82) is 0 Å². The number of unbranched alkanes of at least 4 members (excludes halogenated alkanes) is 3. The second kappa shape index (κ2) is 18.1. The Morgan fingerprint density at radius 3 is 2.34 bits per heavy atom. The molecule has 3 N–H and O–H groups in total. The van der Waals surface area contributed by atoms with Gasteiger partial charge < -0.3 is 25.2 Å². The lowest BCUT2D eigenvalue weighted by molar-refractivity contribution is -0.116.